The van der Waals surface area contributed by atoms with E-state index in [1.165, 1.54) is 12.0 Å². The highest BCUT2D eigenvalue weighted by Gasteiger charge is 2.31. The summed E-state index contributed by atoms with van der Waals surface area (Å²) in [5, 5.41) is 0. The molecule has 1 heterocycles. The average molecular weight is 195 g/mol. The molecule has 76 valence electrons. The fourth-order valence-corrected chi connectivity index (χ4v) is 1.64. The zero-order valence-electron chi connectivity index (χ0n) is 8.16. The number of terminal acetylenes is 1. The van der Waals surface area contributed by atoms with Crippen LogP contribution in [0.2, 0.25) is 0 Å². The molecule has 0 unspecified atom stereocenters. The van der Waals surface area contributed by atoms with Crippen molar-refractivity contribution in [2.24, 2.45) is 0 Å². The molecule has 14 heavy (non-hydrogen) atoms. The lowest BCUT2D eigenvalue weighted by Crippen LogP contribution is -2.48. The van der Waals surface area contributed by atoms with E-state index in [1.54, 1.807) is 0 Å². The predicted octanol–water partition coefficient (Wildman–Crippen LogP) is 0.174. The summed E-state index contributed by atoms with van der Waals surface area (Å²) in [6, 6.07) is -0.489. The number of methoxy groups -OCH3 is 1. The number of hydrogen-bond donors (Lipinski definition) is 0. The maximum Gasteiger partial charge on any atom is 0.328 e. The van der Waals surface area contributed by atoms with Crippen LogP contribution in [0.4, 0.5) is 0 Å². The van der Waals surface area contributed by atoms with Gasteiger partial charge in [-0.2, -0.15) is 0 Å². The second-order valence-electron chi connectivity index (χ2n) is 3.18. The molecule has 0 saturated carbocycles. The van der Waals surface area contributed by atoms with Gasteiger partial charge in [-0.05, 0) is 25.2 Å². The van der Waals surface area contributed by atoms with Crippen molar-refractivity contribution in [3.63, 3.8) is 0 Å². The van der Waals surface area contributed by atoms with Crippen LogP contribution in [0.1, 0.15) is 19.3 Å². The minimum absolute atomic E-state index is 0.381. The molecule has 0 radical (unpaired) electrons. The third-order valence-electron chi connectivity index (χ3n) is 2.36. The van der Waals surface area contributed by atoms with Crippen molar-refractivity contribution >= 4 is 11.9 Å². The van der Waals surface area contributed by atoms with Crippen LogP contribution in [0.3, 0.4) is 0 Å². The van der Waals surface area contributed by atoms with Crippen LogP contribution < -0.4 is 0 Å². The average Bonchev–Trinajstić information content (AvgIpc) is 2.27. The van der Waals surface area contributed by atoms with Crippen molar-refractivity contribution in [2.45, 2.75) is 25.3 Å². The Morgan fingerprint density at radius 3 is 2.79 bits per heavy atom. The smallest absolute Gasteiger partial charge is 0.328 e. The van der Waals surface area contributed by atoms with Crippen LogP contribution in [0, 0.1) is 12.3 Å². The van der Waals surface area contributed by atoms with Gasteiger partial charge in [0.25, 0.3) is 5.91 Å². The maximum absolute atomic E-state index is 11.3. The topological polar surface area (TPSA) is 46.6 Å². The summed E-state index contributed by atoms with van der Waals surface area (Å²) < 4.78 is 4.61. The number of piperidine rings is 1. The van der Waals surface area contributed by atoms with Gasteiger partial charge >= 0.3 is 5.97 Å². The van der Waals surface area contributed by atoms with Crippen LogP contribution >= 0.6 is 0 Å². The van der Waals surface area contributed by atoms with E-state index >= 15 is 0 Å². The van der Waals surface area contributed by atoms with Gasteiger partial charge in [-0.3, -0.25) is 4.79 Å². The van der Waals surface area contributed by atoms with E-state index in [2.05, 4.69) is 4.74 Å². The molecule has 0 N–H and O–H groups in total. The van der Waals surface area contributed by atoms with Crippen molar-refractivity contribution in [3.8, 4) is 12.3 Å². The normalized spacial score (nSPS) is 21.1. The highest BCUT2D eigenvalue weighted by molar-refractivity contribution is 5.95. The molecule has 0 aromatic carbocycles. The number of carbonyl (C=O) groups is 2. The molecule has 0 aromatic rings. The molecule has 4 nitrogen and oxygen atoms in total. The largest absolute Gasteiger partial charge is 0.467 e. The Kier molecular flexibility index (Phi) is 3.52. The van der Waals surface area contributed by atoms with Crippen LogP contribution in [0.15, 0.2) is 0 Å². The number of rotatable bonds is 1. The zero-order chi connectivity index (χ0) is 10.6. The first kappa shape index (κ1) is 10.6. The second-order valence-corrected chi connectivity index (χ2v) is 3.18. The number of likely N-dealkylation sites (tertiary alicyclic amines) is 1. The minimum atomic E-state index is -0.489. The number of ether oxygens (including phenoxy) is 1. The standard InChI is InChI=1S/C10H13NO3/c1-3-9(12)11-7-5-4-6-8(11)10(13)14-2/h1,8H,4-7H2,2H3/t8-/m1/s1. The lowest BCUT2D eigenvalue weighted by Gasteiger charge is -2.32. The van der Waals surface area contributed by atoms with E-state index in [4.69, 9.17) is 6.42 Å². The summed E-state index contributed by atoms with van der Waals surface area (Å²) in [6.45, 7) is 0.544. The molecular formula is C10H13NO3. The maximum atomic E-state index is 11.3. The van der Waals surface area contributed by atoms with Crippen molar-refractivity contribution in [3.05, 3.63) is 0 Å². The van der Waals surface area contributed by atoms with E-state index in [0.29, 0.717) is 13.0 Å². The monoisotopic (exact) mass is 195 g/mol. The van der Waals surface area contributed by atoms with Crippen LogP contribution in [-0.2, 0) is 14.3 Å². The summed E-state index contributed by atoms with van der Waals surface area (Å²) in [6.07, 6.45) is 7.47. The molecule has 1 fully saturated rings. The Balaban J connectivity index is 2.74. The van der Waals surface area contributed by atoms with E-state index in [9.17, 15) is 9.59 Å². The molecule has 0 aliphatic carbocycles. The van der Waals surface area contributed by atoms with Crippen LogP contribution in [-0.4, -0.2) is 36.5 Å². The highest BCUT2D eigenvalue weighted by atomic mass is 16.5. The first-order valence-electron chi connectivity index (χ1n) is 4.55. The first-order chi connectivity index (χ1) is 6.70. The number of carbonyl (C=O) groups excluding carboxylic acids is 2. The van der Waals surface area contributed by atoms with Crippen molar-refractivity contribution < 1.29 is 14.3 Å². The van der Waals surface area contributed by atoms with Gasteiger partial charge in [-0.15, -0.1) is 6.42 Å². The molecule has 1 amide bonds. The van der Waals surface area contributed by atoms with Crippen LogP contribution in [0.25, 0.3) is 0 Å². The fourth-order valence-electron chi connectivity index (χ4n) is 1.64. The number of nitrogens with zero attached hydrogens (tertiary/aromatic N) is 1. The summed E-state index contributed by atoms with van der Waals surface area (Å²) in [5.74, 6) is 1.21. The van der Waals surface area contributed by atoms with E-state index in [-0.39, 0.29) is 5.97 Å². The quantitative estimate of drug-likeness (QED) is 0.442. The Morgan fingerprint density at radius 2 is 2.21 bits per heavy atom. The summed E-state index contributed by atoms with van der Waals surface area (Å²) in [4.78, 5) is 24.0. The van der Waals surface area contributed by atoms with E-state index < -0.39 is 11.9 Å². The lowest BCUT2D eigenvalue weighted by molar-refractivity contribution is -0.152. The number of esters is 1. The first-order valence-corrected chi connectivity index (χ1v) is 4.55. The third-order valence-corrected chi connectivity index (χ3v) is 2.36. The van der Waals surface area contributed by atoms with Gasteiger partial charge in [0.15, 0.2) is 0 Å². The summed E-state index contributed by atoms with van der Waals surface area (Å²) in [5.41, 5.74) is 0. The molecular weight excluding hydrogens is 182 g/mol. The van der Waals surface area contributed by atoms with Crippen LogP contribution in [0.5, 0.6) is 0 Å². The van der Waals surface area contributed by atoms with Crippen molar-refractivity contribution in [1.29, 1.82) is 0 Å². The predicted molar refractivity (Wildman–Crippen MR) is 50.2 cm³/mol. The van der Waals surface area contributed by atoms with Crippen molar-refractivity contribution in [2.75, 3.05) is 13.7 Å². The fraction of sp³-hybridized carbons (Fsp3) is 0.600. The Labute approximate surface area is 83.2 Å². The Morgan fingerprint density at radius 1 is 1.50 bits per heavy atom. The molecule has 0 spiro atoms. The molecule has 0 aromatic heterocycles. The van der Waals surface area contributed by atoms with Crippen molar-refractivity contribution in [1.82, 2.24) is 4.90 Å². The Hall–Kier alpha value is -1.50. The van der Waals surface area contributed by atoms with E-state index in [0.717, 1.165) is 12.8 Å². The molecule has 0 bridgehead atoms. The zero-order valence-corrected chi connectivity index (χ0v) is 8.16. The van der Waals surface area contributed by atoms with Gasteiger partial charge in [-0.1, -0.05) is 0 Å². The molecule has 1 rings (SSSR count). The number of hydrogen-bond acceptors (Lipinski definition) is 3. The van der Waals surface area contributed by atoms with Gasteiger partial charge in [0.2, 0.25) is 0 Å². The molecule has 1 aliphatic rings. The number of amides is 1. The molecule has 1 saturated heterocycles. The highest BCUT2D eigenvalue weighted by Crippen LogP contribution is 2.17. The summed E-state index contributed by atoms with van der Waals surface area (Å²) >= 11 is 0. The molecule has 4 heteroatoms. The van der Waals surface area contributed by atoms with Gasteiger partial charge in [0.1, 0.15) is 6.04 Å². The Bertz CT molecular complexity index is 280. The minimum Gasteiger partial charge on any atom is -0.467 e. The van der Waals surface area contributed by atoms with E-state index in [1.807, 2.05) is 5.92 Å². The summed E-state index contributed by atoms with van der Waals surface area (Å²) in [7, 11) is 1.31. The molecule has 1 atom stereocenters. The lowest BCUT2D eigenvalue weighted by atomic mass is 10.0. The SMILES string of the molecule is C#CC(=O)N1CCCC[C@@H]1C(=O)OC. The molecule has 1 aliphatic heterocycles. The van der Waals surface area contributed by atoms with Gasteiger partial charge in [-0.25, -0.2) is 4.79 Å². The second kappa shape index (κ2) is 4.66. The van der Waals surface area contributed by atoms with Gasteiger partial charge in [0.05, 0.1) is 7.11 Å². The van der Waals surface area contributed by atoms with Gasteiger partial charge < -0.3 is 9.64 Å². The third kappa shape index (κ3) is 2.05. The van der Waals surface area contributed by atoms with Gasteiger partial charge in [0, 0.05) is 6.54 Å².